The van der Waals surface area contributed by atoms with Crippen molar-refractivity contribution >= 4 is 34.6 Å². The molecule has 0 aromatic carbocycles. The molecule has 8 heteroatoms. The number of fused-ring (bicyclic) bond motifs is 1. The minimum atomic E-state index is -1.03. The fourth-order valence-corrected chi connectivity index (χ4v) is 3.16. The average Bonchev–Trinajstić information content (AvgIpc) is 3.21. The molecule has 2 heterocycles. The minimum Gasteiger partial charge on any atom is -0.477 e. The van der Waals surface area contributed by atoms with E-state index in [2.05, 4.69) is 15.0 Å². The van der Waals surface area contributed by atoms with Gasteiger partial charge in [0.05, 0.1) is 0 Å². The second-order valence-corrected chi connectivity index (χ2v) is 8.04. The third kappa shape index (κ3) is 7.17. The zero-order valence-corrected chi connectivity index (χ0v) is 16.7. The SMILES string of the molecule is CC(C)(C)OC(=O)CCC1CCCC1.O=C(O)c1cc2cnc(Cl)nc2[nH]1. The molecule has 7 nitrogen and oxygen atoms in total. The van der Waals surface area contributed by atoms with Gasteiger partial charge in [-0.25, -0.2) is 9.78 Å². The first-order chi connectivity index (χ1) is 12.6. The van der Waals surface area contributed by atoms with E-state index in [1.807, 2.05) is 20.8 Å². The topological polar surface area (TPSA) is 105 Å². The van der Waals surface area contributed by atoms with Crippen LogP contribution >= 0.6 is 11.6 Å². The van der Waals surface area contributed by atoms with Crippen molar-refractivity contribution in [3.05, 3.63) is 23.2 Å². The highest BCUT2D eigenvalue weighted by atomic mass is 35.5. The lowest BCUT2D eigenvalue weighted by molar-refractivity contribution is -0.155. The Labute approximate surface area is 163 Å². The smallest absolute Gasteiger partial charge is 0.352 e. The van der Waals surface area contributed by atoms with Crippen LogP contribution in [0.4, 0.5) is 0 Å². The number of ether oxygens (including phenoxy) is 1. The Morgan fingerprint density at radius 3 is 2.59 bits per heavy atom. The van der Waals surface area contributed by atoms with Crippen molar-refractivity contribution in [2.24, 2.45) is 5.92 Å². The lowest BCUT2D eigenvalue weighted by Crippen LogP contribution is -2.23. The van der Waals surface area contributed by atoms with Crippen molar-refractivity contribution in [2.45, 2.75) is 64.9 Å². The number of nitrogens with one attached hydrogen (secondary N) is 1. The number of esters is 1. The largest absolute Gasteiger partial charge is 0.477 e. The first-order valence-electron chi connectivity index (χ1n) is 9.10. The summed E-state index contributed by atoms with van der Waals surface area (Å²) in [5.41, 5.74) is 0.177. The van der Waals surface area contributed by atoms with Crippen LogP contribution in [0.5, 0.6) is 0 Å². The number of aromatic amines is 1. The van der Waals surface area contributed by atoms with Crippen LogP contribution in [0.3, 0.4) is 0 Å². The van der Waals surface area contributed by atoms with Gasteiger partial charge in [0, 0.05) is 18.0 Å². The molecule has 2 aromatic rings. The number of hydrogen-bond donors (Lipinski definition) is 2. The van der Waals surface area contributed by atoms with E-state index in [1.165, 1.54) is 37.9 Å². The van der Waals surface area contributed by atoms with Crippen LogP contribution in [0.2, 0.25) is 5.28 Å². The summed E-state index contributed by atoms with van der Waals surface area (Å²) in [4.78, 5) is 32.1. The molecule has 27 heavy (non-hydrogen) atoms. The van der Waals surface area contributed by atoms with Gasteiger partial charge in [0.15, 0.2) is 0 Å². The molecule has 1 saturated carbocycles. The predicted molar refractivity (Wildman–Crippen MR) is 103 cm³/mol. The van der Waals surface area contributed by atoms with E-state index in [9.17, 15) is 9.59 Å². The van der Waals surface area contributed by atoms with Crippen molar-refractivity contribution in [3.63, 3.8) is 0 Å². The predicted octanol–water partition coefficient (Wildman–Crippen LogP) is 4.61. The number of carbonyl (C=O) groups excluding carboxylic acids is 1. The Balaban J connectivity index is 0.000000194. The van der Waals surface area contributed by atoms with Crippen LogP contribution in [-0.2, 0) is 9.53 Å². The summed E-state index contributed by atoms with van der Waals surface area (Å²) in [6.45, 7) is 5.75. The second kappa shape index (κ2) is 9.17. The van der Waals surface area contributed by atoms with Crippen molar-refractivity contribution in [1.82, 2.24) is 15.0 Å². The van der Waals surface area contributed by atoms with Crippen LogP contribution in [0, 0.1) is 5.92 Å². The minimum absolute atomic E-state index is 0.0376. The number of rotatable bonds is 4. The molecule has 0 atom stereocenters. The van der Waals surface area contributed by atoms with Gasteiger partial charge in [-0.2, -0.15) is 4.98 Å². The molecule has 3 rings (SSSR count). The summed E-state index contributed by atoms with van der Waals surface area (Å²) in [5.74, 6) is -0.291. The summed E-state index contributed by atoms with van der Waals surface area (Å²) in [6, 6.07) is 1.45. The van der Waals surface area contributed by atoms with Crippen molar-refractivity contribution in [1.29, 1.82) is 0 Å². The molecule has 0 aliphatic heterocycles. The maximum absolute atomic E-state index is 11.4. The number of halogens is 1. The molecular formula is C19H26ClN3O4. The Morgan fingerprint density at radius 1 is 1.33 bits per heavy atom. The maximum atomic E-state index is 11.4. The Hall–Kier alpha value is -2.15. The number of carbonyl (C=O) groups is 2. The summed E-state index contributed by atoms with van der Waals surface area (Å²) in [6.07, 6.45) is 8.40. The van der Waals surface area contributed by atoms with E-state index < -0.39 is 5.97 Å². The van der Waals surface area contributed by atoms with Crippen molar-refractivity contribution in [3.8, 4) is 0 Å². The van der Waals surface area contributed by atoms with E-state index in [0.29, 0.717) is 17.5 Å². The molecule has 0 radical (unpaired) electrons. The molecule has 2 aromatic heterocycles. The van der Waals surface area contributed by atoms with Gasteiger partial charge < -0.3 is 14.8 Å². The van der Waals surface area contributed by atoms with Crippen molar-refractivity contribution < 1.29 is 19.4 Å². The normalized spacial score (nSPS) is 14.7. The fourth-order valence-electron chi connectivity index (χ4n) is 3.02. The number of carboxylic acid groups (broad SMARTS) is 1. The summed E-state index contributed by atoms with van der Waals surface area (Å²) in [5, 5.41) is 9.36. The summed E-state index contributed by atoms with van der Waals surface area (Å²) >= 11 is 5.52. The molecule has 0 spiro atoms. The third-order valence-corrected chi connectivity index (χ3v) is 4.40. The Bertz CT molecular complexity index is 792. The Kier molecular flexibility index (Phi) is 7.18. The van der Waals surface area contributed by atoms with Crippen molar-refractivity contribution in [2.75, 3.05) is 0 Å². The van der Waals surface area contributed by atoms with Gasteiger partial charge in [0.25, 0.3) is 0 Å². The molecule has 1 fully saturated rings. The molecule has 1 aliphatic rings. The van der Waals surface area contributed by atoms with Gasteiger partial charge in [-0.1, -0.05) is 25.7 Å². The monoisotopic (exact) mass is 395 g/mol. The molecule has 148 valence electrons. The maximum Gasteiger partial charge on any atom is 0.352 e. The summed E-state index contributed by atoms with van der Waals surface area (Å²) < 4.78 is 5.26. The number of aromatic nitrogens is 3. The first kappa shape index (κ1) is 21.2. The standard InChI is InChI=1S/C12H22O2.C7H4ClN3O2/c1-12(2,3)14-11(13)9-8-10-6-4-5-7-10;8-7-9-2-3-1-4(6(12)13)10-5(3)11-7/h10H,4-9H2,1-3H3;1-2H,(H,12,13)(H,9,10,11). The molecular weight excluding hydrogens is 370 g/mol. The molecule has 0 unspecified atom stereocenters. The molecule has 0 saturated heterocycles. The molecule has 0 amide bonds. The zero-order valence-electron chi connectivity index (χ0n) is 15.9. The highest BCUT2D eigenvalue weighted by Crippen LogP contribution is 2.28. The zero-order chi connectivity index (χ0) is 20.0. The molecule has 2 N–H and O–H groups in total. The second-order valence-electron chi connectivity index (χ2n) is 7.71. The fraction of sp³-hybridized carbons (Fsp3) is 0.579. The highest BCUT2D eigenvalue weighted by Gasteiger charge is 2.19. The quantitative estimate of drug-likeness (QED) is 0.578. The number of aromatic carboxylic acids is 1. The van der Waals surface area contributed by atoms with E-state index in [4.69, 9.17) is 21.4 Å². The number of carboxylic acids is 1. The molecule has 0 bridgehead atoms. The van der Waals surface area contributed by atoms with Crippen LogP contribution in [0.25, 0.3) is 11.0 Å². The summed E-state index contributed by atoms with van der Waals surface area (Å²) in [7, 11) is 0. The number of nitrogens with zero attached hydrogens (tertiary/aromatic N) is 2. The van der Waals surface area contributed by atoms with Gasteiger partial charge in [-0.3, -0.25) is 4.79 Å². The number of H-pyrrole nitrogens is 1. The number of hydrogen-bond acceptors (Lipinski definition) is 5. The average molecular weight is 396 g/mol. The van der Waals surface area contributed by atoms with Gasteiger partial charge in [-0.05, 0) is 50.8 Å². The lowest BCUT2D eigenvalue weighted by Gasteiger charge is -2.20. The van der Waals surface area contributed by atoms with E-state index in [1.54, 1.807) is 0 Å². The van der Waals surface area contributed by atoms with Crippen LogP contribution in [0.15, 0.2) is 12.3 Å². The van der Waals surface area contributed by atoms with E-state index >= 15 is 0 Å². The van der Waals surface area contributed by atoms with Crippen LogP contribution < -0.4 is 0 Å². The van der Waals surface area contributed by atoms with Gasteiger partial charge in [0.2, 0.25) is 5.28 Å². The lowest BCUT2D eigenvalue weighted by atomic mass is 10.0. The van der Waals surface area contributed by atoms with Gasteiger partial charge in [-0.15, -0.1) is 0 Å². The van der Waals surface area contributed by atoms with Crippen LogP contribution in [0.1, 0.15) is 69.8 Å². The third-order valence-electron chi connectivity index (χ3n) is 4.22. The van der Waals surface area contributed by atoms with E-state index in [0.717, 1.165) is 12.3 Å². The Morgan fingerprint density at radius 2 is 2.00 bits per heavy atom. The van der Waals surface area contributed by atoms with Crippen LogP contribution in [-0.4, -0.2) is 37.6 Å². The van der Waals surface area contributed by atoms with Gasteiger partial charge >= 0.3 is 11.9 Å². The highest BCUT2D eigenvalue weighted by molar-refractivity contribution is 6.28. The molecule has 1 aliphatic carbocycles. The first-order valence-corrected chi connectivity index (χ1v) is 9.48. The van der Waals surface area contributed by atoms with E-state index in [-0.39, 0.29) is 22.5 Å². The van der Waals surface area contributed by atoms with Gasteiger partial charge in [0.1, 0.15) is 16.9 Å².